The first-order chi connectivity index (χ1) is 8.38. The van der Waals surface area contributed by atoms with E-state index in [-0.39, 0.29) is 0 Å². The van der Waals surface area contributed by atoms with Crippen LogP contribution >= 0.6 is 0 Å². The van der Waals surface area contributed by atoms with Gasteiger partial charge in [0.25, 0.3) is 0 Å². The van der Waals surface area contributed by atoms with Gasteiger partial charge in [-0.2, -0.15) is 0 Å². The first-order valence-corrected chi connectivity index (χ1v) is 6.83. The Morgan fingerprint density at radius 1 is 1.29 bits per heavy atom. The van der Waals surface area contributed by atoms with Crippen LogP contribution in [0, 0.1) is 0 Å². The summed E-state index contributed by atoms with van der Waals surface area (Å²) in [7, 11) is 0. The van der Waals surface area contributed by atoms with Crippen LogP contribution in [-0.4, -0.2) is 19.3 Å². The van der Waals surface area contributed by atoms with E-state index in [1.54, 1.807) is 0 Å². The quantitative estimate of drug-likeness (QED) is 0.758. The number of hydrogen-bond donors (Lipinski definition) is 1. The number of ether oxygens (including phenoxy) is 1. The van der Waals surface area contributed by atoms with E-state index in [1.807, 2.05) is 0 Å². The van der Waals surface area contributed by atoms with Crippen LogP contribution in [0.3, 0.4) is 0 Å². The molecule has 0 bridgehead atoms. The lowest BCUT2D eigenvalue weighted by molar-refractivity contribution is 0.103. The van der Waals surface area contributed by atoms with E-state index in [0.29, 0.717) is 6.10 Å². The van der Waals surface area contributed by atoms with Crippen LogP contribution in [-0.2, 0) is 11.2 Å². The van der Waals surface area contributed by atoms with Crippen LogP contribution < -0.4 is 5.32 Å². The maximum absolute atomic E-state index is 5.61. The number of nitrogens with one attached hydrogen (secondary N) is 1. The van der Waals surface area contributed by atoms with Crippen LogP contribution in [0.4, 0.5) is 5.69 Å². The Balaban J connectivity index is 1.63. The molecule has 1 unspecified atom stereocenters. The number of benzene rings is 1. The Bertz CT molecular complexity index is 314. The van der Waals surface area contributed by atoms with Crippen LogP contribution in [0.1, 0.15) is 38.2 Å². The number of rotatable bonds is 6. The van der Waals surface area contributed by atoms with Gasteiger partial charge in [-0.1, -0.05) is 19.1 Å². The molecule has 0 saturated carbocycles. The summed E-state index contributed by atoms with van der Waals surface area (Å²) < 4.78 is 5.61. The Kier molecular flexibility index (Phi) is 4.87. The third-order valence-corrected chi connectivity index (χ3v) is 3.42. The molecule has 0 radical (unpaired) electrons. The zero-order valence-corrected chi connectivity index (χ0v) is 10.7. The minimum atomic E-state index is 0.527. The normalized spacial score (nSPS) is 19.5. The van der Waals surface area contributed by atoms with Crippen molar-refractivity contribution in [2.45, 2.75) is 45.1 Å². The van der Waals surface area contributed by atoms with Gasteiger partial charge >= 0.3 is 0 Å². The molecule has 0 spiro atoms. The van der Waals surface area contributed by atoms with E-state index in [0.717, 1.165) is 19.6 Å². The van der Waals surface area contributed by atoms with Crippen molar-refractivity contribution in [3.8, 4) is 0 Å². The molecule has 1 atom stereocenters. The van der Waals surface area contributed by atoms with Crippen molar-refractivity contribution in [2.75, 3.05) is 18.5 Å². The minimum absolute atomic E-state index is 0.527. The molecule has 1 N–H and O–H groups in total. The van der Waals surface area contributed by atoms with E-state index in [1.165, 1.54) is 36.9 Å². The van der Waals surface area contributed by atoms with Crippen molar-refractivity contribution in [2.24, 2.45) is 0 Å². The predicted molar refractivity (Wildman–Crippen MR) is 72.5 cm³/mol. The Morgan fingerprint density at radius 2 is 2.12 bits per heavy atom. The van der Waals surface area contributed by atoms with Gasteiger partial charge in [0.05, 0.1) is 6.10 Å². The Morgan fingerprint density at radius 3 is 2.76 bits per heavy atom. The summed E-state index contributed by atoms with van der Waals surface area (Å²) >= 11 is 0. The molecule has 0 aliphatic carbocycles. The van der Waals surface area contributed by atoms with Gasteiger partial charge in [0, 0.05) is 18.8 Å². The summed E-state index contributed by atoms with van der Waals surface area (Å²) in [6, 6.07) is 8.74. The second-order valence-corrected chi connectivity index (χ2v) is 4.75. The number of anilines is 1. The molecule has 1 saturated heterocycles. The maximum Gasteiger partial charge on any atom is 0.0576 e. The van der Waals surface area contributed by atoms with Crippen LogP contribution in [0.25, 0.3) is 0 Å². The van der Waals surface area contributed by atoms with Crippen molar-refractivity contribution in [3.63, 3.8) is 0 Å². The highest BCUT2D eigenvalue weighted by Gasteiger charge is 2.14. The lowest BCUT2D eigenvalue weighted by Gasteiger charge is -2.10. The summed E-state index contributed by atoms with van der Waals surface area (Å²) in [5, 5.41) is 3.46. The second-order valence-electron chi connectivity index (χ2n) is 4.75. The van der Waals surface area contributed by atoms with E-state index in [4.69, 9.17) is 4.74 Å². The molecule has 2 heteroatoms. The van der Waals surface area contributed by atoms with Crippen LogP contribution in [0.5, 0.6) is 0 Å². The average molecular weight is 233 g/mol. The molecule has 1 fully saturated rings. The lowest BCUT2D eigenvalue weighted by Crippen LogP contribution is -2.09. The summed E-state index contributed by atoms with van der Waals surface area (Å²) in [5.41, 5.74) is 2.63. The third-order valence-electron chi connectivity index (χ3n) is 3.42. The van der Waals surface area contributed by atoms with Gasteiger partial charge in [-0.15, -0.1) is 0 Å². The molecule has 0 amide bonds. The fourth-order valence-corrected chi connectivity index (χ4v) is 2.29. The van der Waals surface area contributed by atoms with Gasteiger partial charge in [-0.3, -0.25) is 0 Å². The summed E-state index contributed by atoms with van der Waals surface area (Å²) in [6.07, 6.45) is 6.53. The molecule has 94 valence electrons. The van der Waals surface area contributed by atoms with Gasteiger partial charge < -0.3 is 10.1 Å². The van der Waals surface area contributed by atoms with Gasteiger partial charge in [-0.25, -0.2) is 0 Å². The zero-order valence-electron chi connectivity index (χ0n) is 10.7. The van der Waals surface area contributed by atoms with Crippen molar-refractivity contribution < 1.29 is 4.74 Å². The van der Waals surface area contributed by atoms with Gasteiger partial charge in [0.1, 0.15) is 0 Å². The maximum atomic E-state index is 5.61. The zero-order chi connectivity index (χ0) is 11.9. The van der Waals surface area contributed by atoms with Gasteiger partial charge in [0.15, 0.2) is 0 Å². The molecule has 2 nitrogen and oxygen atoms in total. The Hall–Kier alpha value is -1.02. The lowest BCUT2D eigenvalue weighted by atomic mass is 10.1. The number of hydrogen-bond acceptors (Lipinski definition) is 2. The fourth-order valence-electron chi connectivity index (χ4n) is 2.29. The monoisotopic (exact) mass is 233 g/mol. The minimum Gasteiger partial charge on any atom is -0.385 e. The van der Waals surface area contributed by atoms with Crippen LogP contribution in [0.15, 0.2) is 24.3 Å². The smallest absolute Gasteiger partial charge is 0.0576 e. The molecule has 0 aromatic heterocycles. The second kappa shape index (κ2) is 6.65. The highest BCUT2D eigenvalue weighted by molar-refractivity contribution is 5.44. The van der Waals surface area contributed by atoms with Crippen molar-refractivity contribution in [3.05, 3.63) is 29.8 Å². The molecular weight excluding hydrogens is 210 g/mol. The molecule has 1 aliphatic rings. The third kappa shape index (κ3) is 4.04. The first kappa shape index (κ1) is 12.4. The fraction of sp³-hybridized carbons (Fsp3) is 0.600. The summed E-state index contributed by atoms with van der Waals surface area (Å²) in [5.74, 6) is 0. The molecular formula is C15H23NO. The molecule has 2 rings (SSSR count). The summed E-state index contributed by atoms with van der Waals surface area (Å²) in [6.45, 7) is 4.20. The first-order valence-electron chi connectivity index (χ1n) is 6.83. The summed E-state index contributed by atoms with van der Waals surface area (Å²) in [4.78, 5) is 0. The number of aryl methyl sites for hydroxylation is 1. The molecule has 1 heterocycles. The molecule has 17 heavy (non-hydrogen) atoms. The topological polar surface area (TPSA) is 21.3 Å². The predicted octanol–water partition coefficient (Wildman–Crippen LogP) is 3.62. The highest BCUT2D eigenvalue weighted by Crippen LogP contribution is 2.17. The standard InChI is InChI=1S/C15H23NO/c1-2-13-7-9-14(10-8-13)16-11-3-5-15-6-4-12-17-15/h7-10,15-16H,2-6,11-12H2,1H3. The van der Waals surface area contributed by atoms with Gasteiger partial charge in [-0.05, 0) is 49.8 Å². The largest absolute Gasteiger partial charge is 0.385 e. The van der Waals surface area contributed by atoms with E-state index >= 15 is 0 Å². The van der Waals surface area contributed by atoms with E-state index < -0.39 is 0 Å². The molecule has 1 aromatic rings. The molecule has 1 aliphatic heterocycles. The van der Waals surface area contributed by atoms with Crippen LogP contribution in [0.2, 0.25) is 0 Å². The van der Waals surface area contributed by atoms with Crippen molar-refractivity contribution in [1.29, 1.82) is 0 Å². The van der Waals surface area contributed by atoms with E-state index in [9.17, 15) is 0 Å². The highest BCUT2D eigenvalue weighted by atomic mass is 16.5. The van der Waals surface area contributed by atoms with Crippen molar-refractivity contribution in [1.82, 2.24) is 0 Å². The van der Waals surface area contributed by atoms with Gasteiger partial charge in [0.2, 0.25) is 0 Å². The van der Waals surface area contributed by atoms with Crippen molar-refractivity contribution >= 4 is 5.69 Å². The molecule has 1 aromatic carbocycles. The average Bonchev–Trinajstić information content (AvgIpc) is 2.88. The van der Waals surface area contributed by atoms with E-state index in [2.05, 4.69) is 36.5 Å². The Labute approximate surface area is 104 Å². The SMILES string of the molecule is CCc1ccc(NCCCC2CCCO2)cc1.